The number of methoxy groups -OCH3 is 1. The summed E-state index contributed by atoms with van der Waals surface area (Å²) in [4.78, 5) is 12.4. The summed E-state index contributed by atoms with van der Waals surface area (Å²) < 4.78 is 10.7. The van der Waals surface area contributed by atoms with Crippen LogP contribution in [-0.2, 0) is 0 Å². The summed E-state index contributed by atoms with van der Waals surface area (Å²) in [5.74, 6) is 0.881. The Morgan fingerprint density at radius 2 is 1.91 bits per heavy atom. The molecule has 116 valence electrons. The molecule has 0 N–H and O–H groups in total. The lowest BCUT2D eigenvalue weighted by atomic mass is 10.0. The van der Waals surface area contributed by atoms with Crippen molar-refractivity contribution in [2.24, 2.45) is 0 Å². The zero-order valence-electron chi connectivity index (χ0n) is 13.1. The lowest BCUT2D eigenvalue weighted by molar-refractivity contribution is 0.104. The Labute approximate surface area is 135 Å². The van der Waals surface area contributed by atoms with Gasteiger partial charge in [0.2, 0.25) is 5.78 Å². The van der Waals surface area contributed by atoms with Gasteiger partial charge < -0.3 is 9.47 Å². The molecule has 0 amide bonds. The van der Waals surface area contributed by atoms with Crippen molar-refractivity contribution < 1.29 is 14.3 Å². The van der Waals surface area contributed by atoms with Gasteiger partial charge in [-0.3, -0.25) is 4.79 Å². The fraction of sp³-hybridized carbons (Fsp3) is 0.158. The molecule has 0 radical (unpaired) electrons. The van der Waals surface area contributed by atoms with E-state index in [1.165, 1.54) is 0 Å². The average Bonchev–Trinajstić information content (AvgIpc) is 2.61. The molecule has 2 aromatic carbocycles. The Morgan fingerprint density at radius 3 is 2.52 bits per heavy atom. The number of benzene rings is 2. The molecule has 0 atom stereocenters. The van der Waals surface area contributed by atoms with E-state index in [1.807, 2.05) is 19.1 Å². The maximum atomic E-state index is 12.4. The molecule has 23 heavy (non-hydrogen) atoms. The summed E-state index contributed by atoms with van der Waals surface area (Å²) in [6.07, 6.45) is 1.55. The van der Waals surface area contributed by atoms with Crippen LogP contribution in [0, 0.1) is 11.3 Å². The number of nitriles is 1. The quantitative estimate of drug-likeness (QED) is 0.461. The van der Waals surface area contributed by atoms with Crippen molar-refractivity contribution in [3.05, 3.63) is 65.2 Å². The monoisotopic (exact) mass is 307 g/mol. The number of allylic oxidation sites excluding steroid dienone is 1. The van der Waals surface area contributed by atoms with E-state index in [0.29, 0.717) is 29.2 Å². The predicted molar refractivity (Wildman–Crippen MR) is 88.5 cm³/mol. The van der Waals surface area contributed by atoms with Crippen LogP contribution in [0.25, 0.3) is 6.08 Å². The van der Waals surface area contributed by atoms with Crippen molar-refractivity contribution in [1.29, 1.82) is 5.26 Å². The van der Waals surface area contributed by atoms with Crippen LogP contribution >= 0.6 is 0 Å². The largest absolute Gasteiger partial charge is 0.493 e. The number of carbonyl (C=O) groups is 1. The first-order valence-electron chi connectivity index (χ1n) is 7.22. The summed E-state index contributed by atoms with van der Waals surface area (Å²) in [6, 6.07) is 16.0. The van der Waals surface area contributed by atoms with Crippen molar-refractivity contribution in [2.75, 3.05) is 13.7 Å². The van der Waals surface area contributed by atoms with Gasteiger partial charge in [0.15, 0.2) is 11.5 Å². The highest BCUT2D eigenvalue weighted by Crippen LogP contribution is 2.29. The van der Waals surface area contributed by atoms with Gasteiger partial charge in [-0.05, 0) is 30.7 Å². The first-order chi connectivity index (χ1) is 11.2. The maximum Gasteiger partial charge on any atom is 0.203 e. The second-order valence-corrected chi connectivity index (χ2v) is 4.71. The zero-order chi connectivity index (χ0) is 16.7. The topological polar surface area (TPSA) is 59.3 Å². The van der Waals surface area contributed by atoms with Gasteiger partial charge in [0, 0.05) is 5.56 Å². The molecule has 0 saturated carbocycles. The summed E-state index contributed by atoms with van der Waals surface area (Å²) in [5.41, 5.74) is 1.26. The van der Waals surface area contributed by atoms with Crippen LogP contribution in [0.2, 0.25) is 0 Å². The third-order valence-corrected chi connectivity index (χ3v) is 3.20. The molecule has 2 aromatic rings. The van der Waals surface area contributed by atoms with Crippen molar-refractivity contribution in [1.82, 2.24) is 0 Å². The van der Waals surface area contributed by atoms with Gasteiger partial charge in [0.1, 0.15) is 11.6 Å². The van der Waals surface area contributed by atoms with Gasteiger partial charge in [-0.1, -0.05) is 36.4 Å². The van der Waals surface area contributed by atoms with Crippen LogP contribution in [0.1, 0.15) is 22.8 Å². The standard InChI is InChI=1S/C19H17NO3/c1-3-23-17-10-9-14(12-18(17)22-2)11-16(13-20)19(21)15-7-5-4-6-8-15/h4-12H,3H2,1-2H3/b16-11+. The molecule has 0 aliphatic rings. The van der Waals surface area contributed by atoms with E-state index in [1.54, 1.807) is 55.7 Å². The molecule has 0 aliphatic heterocycles. The number of ether oxygens (including phenoxy) is 2. The second kappa shape index (κ2) is 7.81. The number of rotatable bonds is 6. The van der Waals surface area contributed by atoms with E-state index in [9.17, 15) is 10.1 Å². The number of carbonyl (C=O) groups excluding carboxylic acids is 1. The van der Waals surface area contributed by atoms with E-state index in [-0.39, 0.29) is 11.4 Å². The molecule has 2 rings (SSSR count). The van der Waals surface area contributed by atoms with Gasteiger partial charge in [0.25, 0.3) is 0 Å². The van der Waals surface area contributed by atoms with E-state index in [2.05, 4.69) is 0 Å². The zero-order valence-corrected chi connectivity index (χ0v) is 13.1. The van der Waals surface area contributed by atoms with Gasteiger partial charge >= 0.3 is 0 Å². The van der Waals surface area contributed by atoms with Gasteiger partial charge in [-0.2, -0.15) is 5.26 Å². The third-order valence-electron chi connectivity index (χ3n) is 3.20. The highest BCUT2D eigenvalue weighted by molar-refractivity contribution is 6.14. The maximum absolute atomic E-state index is 12.4. The van der Waals surface area contributed by atoms with Crippen molar-refractivity contribution in [2.45, 2.75) is 6.92 Å². The first kappa shape index (κ1) is 16.3. The minimum Gasteiger partial charge on any atom is -0.493 e. The molecule has 0 bridgehead atoms. The number of nitrogens with zero attached hydrogens (tertiary/aromatic N) is 1. The Bertz CT molecular complexity index is 758. The van der Waals surface area contributed by atoms with Crippen LogP contribution in [0.15, 0.2) is 54.1 Å². The minimum absolute atomic E-state index is 0.0717. The predicted octanol–water partition coefficient (Wildman–Crippen LogP) is 3.88. The number of hydrogen-bond donors (Lipinski definition) is 0. The van der Waals surface area contributed by atoms with Gasteiger partial charge in [-0.15, -0.1) is 0 Å². The molecule has 0 heterocycles. The van der Waals surface area contributed by atoms with E-state index < -0.39 is 0 Å². The highest BCUT2D eigenvalue weighted by Gasteiger charge is 2.12. The van der Waals surface area contributed by atoms with Crippen molar-refractivity contribution in [3.8, 4) is 17.6 Å². The minimum atomic E-state index is -0.305. The second-order valence-electron chi connectivity index (χ2n) is 4.71. The highest BCUT2D eigenvalue weighted by atomic mass is 16.5. The number of ketones is 1. The van der Waals surface area contributed by atoms with E-state index in [4.69, 9.17) is 9.47 Å². The Kier molecular flexibility index (Phi) is 5.54. The molecule has 0 fully saturated rings. The lowest BCUT2D eigenvalue weighted by Crippen LogP contribution is -2.01. The lowest BCUT2D eigenvalue weighted by Gasteiger charge is -2.09. The van der Waals surface area contributed by atoms with E-state index >= 15 is 0 Å². The molecule has 0 spiro atoms. The summed E-state index contributed by atoms with van der Waals surface area (Å²) in [5, 5.41) is 9.29. The Hall–Kier alpha value is -3.06. The van der Waals surface area contributed by atoms with Gasteiger partial charge in [-0.25, -0.2) is 0 Å². The molecule has 0 aromatic heterocycles. The average molecular weight is 307 g/mol. The SMILES string of the molecule is CCOc1ccc(/C=C(\C#N)C(=O)c2ccccc2)cc1OC. The summed E-state index contributed by atoms with van der Waals surface area (Å²) >= 11 is 0. The Balaban J connectivity index is 2.35. The molecular weight excluding hydrogens is 290 g/mol. The van der Waals surface area contributed by atoms with Crippen LogP contribution < -0.4 is 9.47 Å². The third kappa shape index (κ3) is 3.98. The summed E-state index contributed by atoms with van der Waals surface area (Å²) in [7, 11) is 1.55. The molecule has 4 nitrogen and oxygen atoms in total. The molecule has 0 aliphatic carbocycles. The molecule has 0 unspecified atom stereocenters. The van der Waals surface area contributed by atoms with Gasteiger partial charge in [0.05, 0.1) is 13.7 Å². The van der Waals surface area contributed by atoms with Crippen molar-refractivity contribution in [3.63, 3.8) is 0 Å². The molecule has 4 heteroatoms. The molecule has 0 saturated heterocycles. The van der Waals surface area contributed by atoms with Crippen LogP contribution in [0.3, 0.4) is 0 Å². The summed E-state index contributed by atoms with van der Waals surface area (Å²) in [6.45, 7) is 2.42. The van der Waals surface area contributed by atoms with Crippen LogP contribution in [0.5, 0.6) is 11.5 Å². The normalized spacial score (nSPS) is 10.7. The molecular formula is C19H17NO3. The fourth-order valence-corrected chi connectivity index (χ4v) is 2.11. The number of Topliss-reactive ketones (excluding diaryl/α,β-unsaturated/α-hetero) is 1. The van der Waals surface area contributed by atoms with Crippen LogP contribution in [0.4, 0.5) is 0 Å². The smallest absolute Gasteiger partial charge is 0.203 e. The van der Waals surface area contributed by atoms with E-state index in [0.717, 1.165) is 0 Å². The fourth-order valence-electron chi connectivity index (χ4n) is 2.11. The van der Waals surface area contributed by atoms with Crippen LogP contribution in [-0.4, -0.2) is 19.5 Å². The number of hydrogen-bond acceptors (Lipinski definition) is 4. The first-order valence-corrected chi connectivity index (χ1v) is 7.22. The van der Waals surface area contributed by atoms with Crippen molar-refractivity contribution >= 4 is 11.9 Å². The Morgan fingerprint density at radius 1 is 1.17 bits per heavy atom.